The van der Waals surface area contributed by atoms with Crippen LogP contribution in [0.25, 0.3) is 0 Å². The Kier molecular flexibility index (Phi) is 3.52. The lowest BCUT2D eigenvalue weighted by Gasteiger charge is -2.12. The van der Waals surface area contributed by atoms with Crippen molar-refractivity contribution in [3.63, 3.8) is 0 Å². The monoisotopic (exact) mass is 302 g/mol. The van der Waals surface area contributed by atoms with Gasteiger partial charge in [-0.05, 0) is 13.3 Å². The molecule has 110 valence electrons. The summed E-state index contributed by atoms with van der Waals surface area (Å²) in [6.07, 6.45) is 0.341. The summed E-state index contributed by atoms with van der Waals surface area (Å²) in [6.45, 7) is 1.85. The molecule has 2 rings (SSSR count). The predicted molar refractivity (Wildman–Crippen MR) is 66.6 cm³/mol. The van der Waals surface area contributed by atoms with Crippen molar-refractivity contribution in [1.29, 1.82) is 0 Å². The van der Waals surface area contributed by atoms with E-state index in [4.69, 9.17) is 5.11 Å². The molecule has 9 nitrogen and oxygen atoms in total. The second-order valence-electron chi connectivity index (χ2n) is 4.55. The van der Waals surface area contributed by atoms with Gasteiger partial charge in [-0.25, -0.2) is 13.2 Å². The maximum absolute atomic E-state index is 12.2. The van der Waals surface area contributed by atoms with E-state index < -0.39 is 32.6 Å². The number of aromatic carboxylic acids is 1. The summed E-state index contributed by atoms with van der Waals surface area (Å²) in [5.74, 6) is -1.80. The fourth-order valence-electron chi connectivity index (χ4n) is 2.07. The molecule has 0 spiro atoms. The Morgan fingerprint density at radius 3 is 2.70 bits per heavy atom. The molecule has 0 radical (unpaired) electrons. The van der Waals surface area contributed by atoms with E-state index in [0.717, 1.165) is 0 Å². The zero-order valence-electron chi connectivity index (χ0n) is 10.9. The summed E-state index contributed by atoms with van der Waals surface area (Å²) < 4.78 is 26.7. The molecule has 1 aromatic rings. The van der Waals surface area contributed by atoms with E-state index in [0.29, 0.717) is 13.0 Å². The molecule has 0 bridgehead atoms. The smallest absolute Gasteiger partial charge is 0.357 e. The van der Waals surface area contributed by atoms with Crippen molar-refractivity contribution in [2.45, 2.75) is 24.3 Å². The number of carbonyl (C=O) groups excluding carboxylic acids is 1. The quantitative estimate of drug-likeness (QED) is 0.648. The molecule has 1 unspecified atom stereocenters. The van der Waals surface area contributed by atoms with Crippen LogP contribution in [-0.2, 0) is 14.8 Å². The summed E-state index contributed by atoms with van der Waals surface area (Å²) >= 11 is 0. The molecule has 1 atom stereocenters. The Labute approximate surface area is 115 Å². The standard InChI is InChI=1S/C10H14N4O5S/c1-5-8(7(10(16)17)12-11-5)20(18,19)13-6-3-4-14(2)9(6)15/h6,13H,3-4H2,1-2H3,(H,11,12)(H,16,17). The van der Waals surface area contributed by atoms with Crippen LogP contribution in [0.15, 0.2) is 4.90 Å². The Hall–Kier alpha value is -1.94. The second kappa shape index (κ2) is 4.87. The van der Waals surface area contributed by atoms with Gasteiger partial charge in [0.25, 0.3) is 0 Å². The van der Waals surface area contributed by atoms with Gasteiger partial charge in [0.1, 0.15) is 10.9 Å². The number of rotatable bonds is 4. The Morgan fingerprint density at radius 1 is 1.55 bits per heavy atom. The highest BCUT2D eigenvalue weighted by atomic mass is 32.2. The molecule has 1 aromatic heterocycles. The number of nitrogens with one attached hydrogen (secondary N) is 2. The summed E-state index contributed by atoms with van der Waals surface area (Å²) in [7, 11) is -2.56. The SMILES string of the molecule is Cc1[nH]nc(C(=O)O)c1S(=O)(=O)NC1CCN(C)C1=O. The highest BCUT2D eigenvalue weighted by Crippen LogP contribution is 2.19. The summed E-state index contributed by atoms with van der Waals surface area (Å²) in [5.41, 5.74) is -0.484. The first-order valence-electron chi connectivity index (χ1n) is 5.79. The minimum Gasteiger partial charge on any atom is -0.476 e. The lowest BCUT2D eigenvalue weighted by Crippen LogP contribution is -2.41. The Bertz CT molecular complexity index is 665. The number of aromatic amines is 1. The van der Waals surface area contributed by atoms with Crippen LogP contribution in [0.2, 0.25) is 0 Å². The number of nitrogens with zero attached hydrogens (tertiary/aromatic N) is 2. The zero-order valence-corrected chi connectivity index (χ0v) is 11.7. The second-order valence-corrected chi connectivity index (χ2v) is 6.20. The number of aryl methyl sites for hydroxylation is 1. The van der Waals surface area contributed by atoms with E-state index >= 15 is 0 Å². The fourth-order valence-corrected chi connectivity index (χ4v) is 3.62. The molecule has 1 fully saturated rings. The molecule has 0 aliphatic carbocycles. The number of carbonyl (C=O) groups is 2. The largest absolute Gasteiger partial charge is 0.476 e. The van der Waals surface area contributed by atoms with Crippen LogP contribution in [0.3, 0.4) is 0 Å². The number of likely N-dealkylation sites (N-methyl/N-ethyl adjacent to an activating group) is 1. The number of carboxylic acid groups (broad SMARTS) is 1. The minimum absolute atomic E-state index is 0.105. The highest BCUT2D eigenvalue weighted by molar-refractivity contribution is 7.89. The maximum atomic E-state index is 12.2. The van der Waals surface area contributed by atoms with Crippen LogP contribution < -0.4 is 4.72 Å². The third kappa shape index (κ3) is 2.39. The normalized spacial score (nSPS) is 19.6. The summed E-state index contributed by atoms with van der Waals surface area (Å²) in [6, 6.07) is -0.874. The topological polar surface area (TPSA) is 132 Å². The molecular formula is C10H14N4O5S. The Morgan fingerprint density at radius 2 is 2.20 bits per heavy atom. The number of amides is 1. The molecule has 1 aliphatic heterocycles. The molecule has 1 aliphatic rings. The third-order valence-electron chi connectivity index (χ3n) is 3.09. The Balaban J connectivity index is 2.34. The van der Waals surface area contributed by atoms with Crippen molar-refractivity contribution in [3.8, 4) is 0 Å². The van der Waals surface area contributed by atoms with Crippen LogP contribution >= 0.6 is 0 Å². The lowest BCUT2D eigenvalue weighted by molar-refractivity contribution is -0.127. The fraction of sp³-hybridized carbons (Fsp3) is 0.500. The first-order valence-corrected chi connectivity index (χ1v) is 7.28. The van der Waals surface area contributed by atoms with Crippen LogP contribution in [0.5, 0.6) is 0 Å². The molecule has 20 heavy (non-hydrogen) atoms. The van der Waals surface area contributed by atoms with E-state index in [9.17, 15) is 18.0 Å². The lowest BCUT2D eigenvalue weighted by atomic mass is 10.3. The number of sulfonamides is 1. The van der Waals surface area contributed by atoms with Gasteiger partial charge in [-0.1, -0.05) is 0 Å². The van der Waals surface area contributed by atoms with Gasteiger partial charge in [0.05, 0.1) is 5.69 Å². The zero-order chi connectivity index (χ0) is 15.1. The van der Waals surface area contributed by atoms with Gasteiger partial charge in [-0.15, -0.1) is 0 Å². The van der Waals surface area contributed by atoms with Gasteiger partial charge in [-0.3, -0.25) is 9.89 Å². The highest BCUT2D eigenvalue weighted by Gasteiger charge is 2.36. The van der Waals surface area contributed by atoms with Crippen molar-refractivity contribution < 1.29 is 23.1 Å². The number of hydrogen-bond donors (Lipinski definition) is 3. The van der Waals surface area contributed by atoms with Crippen molar-refractivity contribution in [3.05, 3.63) is 11.4 Å². The molecule has 1 saturated heterocycles. The number of H-pyrrole nitrogens is 1. The number of carboxylic acids is 1. The average molecular weight is 302 g/mol. The van der Waals surface area contributed by atoms with Gasteiger partial charge >= 0.3 is 5.97 Å². The number of likely N-dealkylation sites (tertiary alicyclic amines) is 1. The van der Waals surface area contributed by atoms with Gasteiger partial charge in [0.2, 0.25) is 15.9 Å². The molecule has 0 saturated carbocycles. The van der Waals surface area contributed by atoms with Crippen molar-refractivity contribution in [1.82, 2.24) is 19.8 Å². The molecular weight excluding hydrogens is 288 g/mol. The van der Waals surface area contributed by atoms with E-state index in [1.165, 1.54) is 11.8 Å². The molecule has 3 N–H and O–H groups in total. The van der Waals surface area contributed by atoms with Crippen LogP contribution in [0.4, 0.5) is 0 Å². The van der Waals surface area contributed by atoms with Gasteiger partial charge in [-0.2, -0.15) is 9.82 Å². The first kappa shape index (κ1) is 14.5. The van der Waals surface area contributed by atoms with E-state index in [-0.39, 0.29) is 11.6 Å². The molecule has 2 heterocycles. The van der Waals surface area contributed by atoms with Crippen LogP contribution in [0.1, 0.15) is 22.6 Å². The van der Waals surface area contributed by atoms with Gasteiger partial charge in [0, 0.05) is 13.6 Å². The molecule has 10 heteroatoms. The van der Waals surface area contributed by atoms with E-state index in [1.807, 2.05) is 0 Å². The van der Waals surface area contributed by atoms with Crippen LogP contribution in [-0.4, -0.2) is 60.1 Å². The first-order chi connectivity index (χ1) is 9.24. The third-order valence-corrected chi connectivity index (χ3v) is 4.72. The summed E-state index contributed by atoms with van der Waals surface area (Å²) in [5, 5.41) is 14.7. The maximum Gasteiger partial charge on any atom is 0.357 e. The van der Waals surface area contributed by atoms with Crippen molar-refractivity contribution >= 4 is 21.9 Å². The van der Waals surface area contributed by atoms with E-state index in [2.05, 4.69) is 14.9 Å². The minimum atomic E-state index is -4.14. The molecule has 1 amide bonds. The van der Waals surface area contributed by atoms with Crippen molar-refractivity contribution in [2.24, 2.45) is 0 Å². The van der Waals surface area contributed by atoms with Gasteiger partial charge < -0.3 is 10.0 Å². The van der Waals surface area contributed by atoms with E-state index in [1.54, 1.807) is 7.05 Å². The average Bonchev–Trinajstić information content (AvgIpc) is 2.87. The number of aromatic nitrogens is 2. The number of hydrogen-bond acceptors (Lipinski definition) is 5. The van der Waals surface area contributed by atoms with Crippen molar-refractivity contribution in [2.75, 3.05) is 13.6 Å². The molecule has 0 aromatic carbocycles. The van der Waals surface area contributed by atoms with Gasteiger partial charge in [0.15, 0.2) is 5.69 Å². The van der Waals surface area contributed by atoms with Crippen LogP contribution in [0, 0.1) is 6.92 Å². The predicted octanol–water partition coefficient (Wildman–Crippen LogP) is -1.07. The summed E-state index contributed by atoms with van der Waals surface area (Å²) in [4.78, 5) is 23.7.